The maximum absolute atomic E-state index is 11.1. The molecule has 1 saturated carbocycles. The van der Waals surface area contributed by atoms with Gasteiger partial charge in [0.15, 0.2) is 5.69 Å². The molecule has 0 saturated heterocycles. The van der Waals surface area contributed by atoms with Crippen molar-refractivity contribution >= 4 is 22.9 Å². The van der Waals surface area contributed by atoms with Crippen LogP contribution < -0.4 is 11.1 Å². The van der Waals surface area contributed by atoms with Crippen LogP contribution in [-0.2, 0) is 0 Å². The number of anilines is 2. The van der Waals surface area contributed by atoms with Gasteiger partial charge in [-0.25, -0.2) is 4.98 Å². The van der Waals surface area contributed by atoms with Crippen molar-refractivity contribution < 1.29 is 9.85 Å². The predicted octanol–water partition coefficient (Wildman–Crippen LogP) is 2.22. The summed E-state index contributed by atoms with van der Waals surface area (Å²) in [5.74, 6) is 0.00463. The quantitative estimate of drug-likeness (QED) is 0.637. The summed E-state index contributed by atoms with van der Waals surface area (Å²) < 4.78 is 0. The van der Waals surface area contributed by atoms with Crippen LogP contribution in [0.25, 0.3) is 0 Å². The molecule has 1 aromatic rings. The lowest BCUT2D eigenvalue weighted by atomic mass is 9.95. The van der Waals surface area contributed by atoms with Gasteiger partial charge in [-0.3, -0.25) is 20.2 Å². The number of nitrogens with zero attached hydrogens (tertiary/aromatic N) is 3. The molecule has 1 aromatic heterocycles. The summed E-state index contributed by atoms with van der Waals surface area (Å²) in [6.45, 7) is 0. The molecule has 0 unspecified atom stereocenters. The number of nitrogen functional groups attached to an aromatic ring is 1. The minimum absolute atomic E-state index is 0.00463. The maximum Gasteiger partial charge on any atom is 0.341 e. The third kappa shape index (κ3) is 2.76. The number of aromatic nitrogens is 1. The van der Waals surface area contributed by atoms with Crippen molar-refractivity contribution in [2.75, 3.05) is 11.1 Å². The van der Waals surface area contributed by atoms with Crippen LogP contribution in [0.2, 0.25) is 0 Å². The number of nitrogens with one attached hydrogen (secondary N) is 1. The molecule has 108 valence electrons. The number of nitrogens with two attached hydrogens (primary N) is 1. The molecule has 0 radical (unpaired) electrons. The third-order valence-electron chi connectivity index (χ3n) is 3.40. The van der Waals surface area contributed by atoms with E-state index in [2.05, 4.69) is 10.3 Å². The summed E-state index contributed by atoms with van der Waals surface area (Å²) in [4.78, 5) is 24.1. The second-order valence-electron chi connectivity index (χ2n) is 4.75. The number of hydrogen-bond acceptors (Lipinski definition) is 7. The molecule has 1 aliphatic carbocycles. The fourth-order valence-corrected chi connectivity index (χ4v) is 2.38. The summed E-state index contributed by atoms with van der Waals surface area (Å²) in [5.41, 5.74) is 3.99. The smallest absolute Gasteiger partial charge is 0.341 e. The van der Waals surface area contributed by atoms with Gasteiger partial charge in [0.1, 0.15) is 6.20 Å². The fraction of sp³-hybridized carbons (Fsp3) is 0.545. The van der Waals surface area contributed by atoms with Gasteiger partial charge in [-0.2, -0.15) is 0 Å². The first-order valence-corrected chi connectivity index (χ1v) is 6.34. The lowest BCUT2D eigenvalue weighted by molar-refractivity contribution is -0.392. The standard InChI is InChI=1S/C11H15N5O4/c12-9-8(15(17)18)6-13-11(10(9)16(19)20)14-7-4-2-1-3-5-7/h6-7H,1-5H2,(H3,12,13,14). The van der Waals surface area contributed by atoms with E-state index in [1.807, 2.05) is 0 Å². The Bertz CT molecular complexity index is 542. The molecular formula is C11H15N5O4. The molecule has 9 nitrogen and oxygen atoms in total. The molecule has 1 fully saturated rings. The number of hydrogen-bond donors (Lipinski definition) is 2. The highest BCUT2D eigenvalue weighted by Gasteiger charge is 2.29. The minimum atomic E-state index is -0.778. The highest BCUT2D eigenvalue weighted by Crippen LogP contribution is 2.36. The average molecular weight is 281 g/mol. The Morgan fingerprint density at radius 1 is 1.20 bits per heavy atom. The molecule has 3 N–H and O–H groups in total. The monoisotopic (exact) mass is 281 g/mol. The molecule has 1 heterocycles. The van der Waals surface area contributed by atoms with Crippen molar-refractivity contribution in [2.24, 2.45) is 0 Å². The van der Waals surface area contributed by atoms with Crippen LogP contribution in [0.15, 0.2) is 6.20 Å². The van der Waals surface area contributed by atoms with Gasteiger partial charge in [0.25, 0.3) is 0 Å². The zero-order chi connectivity index (χ0) is 14.7. The van der Waals surface area contributed by atoms with Crippen molar-refractivity contribution in [1.82, 2.24) is 4.98 Å². The van der Waals surface area contributed by atoms with E-state index in [9.17, 15) is 20.2 Å². The fourth-order valence-electron chi connectivity index (χ4n) is 2.38. The Morgan fingerprint density at radius 3 is 2.40 bits per heavy atom. The zero-order valence-electron chi connectivity index (χ0n) is 10.7. The minimum Gasteiger partial charge on any atom is -0.387 e. The van der Waals surface area contributed by atoms with Gasteiger partial charge >= 0.3 is 11.4 Å². The van der Waals surface area contributed by atoms with E-state index < -0.39 is 26.9 Å². The molecule has 0 amide bonds. The van der Waals surface area contributed by atoms with Gasteiger partial charge in [0.2, 0.25) is 5.82 Å². The van der Waals surface area contributed by atoms with Crippen molar-refractivity contribution in [1.29, 1.82) is 0 Å². The van der Waals surface area contributed by atoms with Crippen LogP contribution in [0.3, 0.4) is 0 Å². The molecule has 2 rings (SSSR count). The molecule has 9 heteroatoms. The first-order chi connectivity index (χ1) is 9.50. The van der Waals surface area contributed by atoms with Crippen molar-refractivity contribution in [2.45, 2.75) is 38.1 Å². The predicted molar refractivity (Wildman–Crippen MR) is 72.5 cm³/mol. The van der Waals surface area contributed by atoms with Crippen molar-refractivity contribution in [3.63, 3.8) is 0 Å². The summed E-state index contributed by atoms with van der Waals surface area (Å²) in [5, 5.41) is 24.8. The zero-order valence-corrected chi connectivity index (χ0v) is 10.7. The number of nitro groups is 2. The molecule has 0 spiro atoms. The molecule has 1 aliphatic rings. The summed E-state index contributed by atoms with van der Waals surface area (Å²) in [6.07, 6.45) is 6.00. The van der Waals surface area contributed by atoms with Crippen molar-refractivity contribution in [3.05, 3.63) is 26.4 Å². The number of rotatable bonds is 4. The van der Waals surface area contributed by atoms with Crippen LogP contribution in [0, 0.1) is 20.2 Å². The van der Waals surface area contributed by atoms with Crippen molar-refractivity contribution in [3.8, 4) is 0 Å². The van der Waals surface area contributed by atoms with E-state index in [0.29, 0.717) is 0 Å². The van der Waals surface area contributed by atoms with E-state index in [1.165, 1.54) is 0 Å². The third-order valence-corrected chi connectivity index (χ3v) is 3.40. The Labute approximate surface area is 114 Å². The van der Waals surface area contributed by atoms with Gasteiger partial charge in [-0.15, -0.1) is 0 Å². The second-order valence-corrected chi connectivity index (χ2v) is 4.75. The van der Waals surface area contributed by atoms with Gasteiger partial charge in [0, 0.05) is 6.04 Å². The molecular weight excluding hydrogens is 266 g/mol. The molecule has 0 bridgehead atoms. The van der Waals surface area contributed by atoms with Gasteiger partial charge < -0.3 is 11.1 Å². The highest BCUT2D eigenvalue weighted by atomic mass is 16.6. The molecule has 20 heavy (non-hydrogen) atoms. The SMILES string of the molecule is Nc1c([N+](=O)[O-])cnc(NC2CCCCC2)c1[N+](=O)[O-]. The first kappa shape index (κ1) is 14.0. The van der Waals surface area contributed by atoms with Crippen LogP contribution in [0.1, 0.15) is 32.1 Å². The van der Waals surface area contributed by atoms with E-state index in [1.54, 1.807) is 0 Å². The Kier molecular flexibility index (Phi) is 3.97. The normalized spacial score (nSPS) is 15.8. The van der Waals surface area contributed by atoms with Gasteiger partial charge in [-0.1, -0.05) is 19.3 Å². The number of pyridine rings is 1. The lowest BCUT2D eigenvalue weighted by Crippen LogP contribution is -2.23. The maximum atomic E-state index is 11.1. The Hall–Kier alpha value is -2.45. The van der Waals surface area contributed by atoms with Gasteiger partial charge in [0.05, 0.1) is 9.85 Å². The van der Waals surface area contributed by atoms with Crippen LogP contribution in [0.4, 0.5) is 22.9 Å². The summed E-state index contributed by atoms with van der Waals surface area (Å²) in [6, 6.07) is 0.0933. The molecule has 0 aliphatic heterocycles. The van der Waals surface area contributed by atoms with E-state index >= 15 is 0 Å². The molecule has 0 aromatic carbocycles. The van der Waals surface area contributed by atoms with E-state index in [-0.39, 0.29) is 11.9 Å². The summed E-state index contributed by atoms with van der Waals surface area (Å²) in [7, 11) is 0. The van der Waals surface area contributed by atoms with Crippen LogP contribution in [0.5, 0.6) is 0 Å². The largest absolute Gasteiger partial charge is 0.387 e. The van der Waals surface area contributed by atoms with Crippen LogP contribution >= 0.6 is 0 Å². The molecule has 0 atom stereocenters. The first-order valence-electron chi connectivity index (χ1n) is 6.34. The van der Waals surface area contributed by atoms with Crippen LogP contribution in [-0.4, -0.2) is 20.9 Å². The Balaban J connectivity index is 2.34. The topological polar surface area (TPSA) is 137 Å². The second kappa shape index (κ2) is 5.68. The van der Waals surface area contributed by atoms with E-state index in [0.717, 1.165) is 38.3 Å². The lowest BCUT2D eigenvalue weighted by Gasteiger charge is -2.23. The van der Waals surface area contributed by atoms with Gasteiger partial charge in [-0.05, 0) is 12.8 Å². The Morgan fingerprint density at radius 2 is 1.85 bits per heavy atom. The highest BCUT2D eigenvalue weighted by molar-refractivity contribution is 5.78. The van der Waals surface area contributed by atoms with E-state index in [4.69, 9.17) is 5.73 Å². The average Bonchev–Trinajstić information content (AvgIpc) is 2.39. The summed E-state index contributed by atoms with van der Waals surface area (Å²) >= 11 is 0.